The number of nitrogens with zero attached hydrogens (tertiary/aromatic N) is 2. The number of methoxy groups -OCH3 is 1. The summed E-state index contributed by atoms with van der Waals surface area (Å²) < 4.78 is 66.0. The van der Waals surface area contributed by atoms with E-state index >= 15 is 0 Å². The standard InChI is InChI=1S/C27H37N3O7S2/c1-36-26-14-13-24(39(34,35)30-16-5-2-3-6-17-30)21-25(26)27(31)28-15-20-37-22-9-11-23(12-10-22)38(32,33)29-18-7-4-8-19-29/h9-14,21H,2-8,15-20H2,1H3,(H,28,31). The van der Waals surface area contributed by atoms with Crippen LogP contribution in [0.25, 0.3) is 0 Å². The molecule has 4 rings (SSSR count). The summed E-state index contributed by atoms with van der Waals surface area (Å²) in [5.41, 5.74) is 0.126. The molecule has 10 nitrogen and oxygen atoms in total. The number of piperidine rings is 1. The number of benzene rings is 2. The van der Waals surface area contributed by atoms with Gasteiger partial charge < -0.3 is 14.8 Å². The van der Waals surface area contributed by atoms with Crippen molar-refractivity contribution >= 4 is 26.0 Å². The van der Waals surface area contributed by atoms with Gasteiger partial charge in [0, 0.05) is 26.2 Å². The summed E-state index contributed by atoms with van der Waals surface area (Å²) in [7, 11) is -5.81. The number of amides is 1. The SMILES string of the molecule is COc1ccc(S(=O)(=O)N2CCCCCC2)cc1C(=O)NCCOc1ccc(S(=O)(=O)N2CCCCC2)cc1. The minimum atomic E-state index is -3.72. The number of hydrogen-bond donors (Lipinski definition) is 1. The largest absolute Gasteiger partial charge is 0.496 e. The van der Waals surface area contributed by atoms with Crippen LogP contribution in [0.2, 0.25) is 0 Å². The number of carbonyl (C=O) groups is 1. The van der Waals surface area contributed by atoms with E-state index in [0.29, 0.717) is 31.9 Å². The third kappa shape index (κ3) is 7.10. The first kappa shape index (κ1) is 29.3. The topological polar surface area (TPSA) is 122 Å². The summed E-state index contributed by atoms with van der Waals surface area (Å²) in [5.74, 6) is 0.269. The molecule has 0 radical (unpaired) electrons. The zero-order valence-corrected chi connectivity index (χ0v) is 23.9. The first-order valence-corrected chi connectivity index (χ1v) is 16.3. The lowest BCUT2D eigenvalue weighted by Gasteiger charge is -2.25. The van der Waals surface area contributed by atoms with Crippen LogP contribution >= 0.6 is 0 Å². The highest BCUT2D eigenvalue weighted by Crippen LogP contribution is 2.26. The van der Waals surface area contributed by atoms with Crippen LogP contribution < -0.4 is 14.8 Å². The molecule has 2 fully saturated rings. The molecule has 0 unspecified atom stereocenters. The second kappa shape index (κ2) is 13.1. The summed E-state index contributed by atoms with van der Waals surface area (Å²) in [6, 6.07) is 10.6. The fourth-order valence-electron chi connectivity index (χ4n) is 4.85. The third-order valence-electron chi connectivity index (χ3n) is 7.05. The maximum Gasteiger partial charge on any atom is 0.255 e. The van der Waals surface area contributed by atoms with E-state index in [0.717, 1.165) is 44.9 Å². The molecule has 2 aromatic rings. The third-order valence-corrected chi connectivity index (χ3v) is 10.9. The lowest BCUT2D eigenvalue weighted by Crippen LogP contribution is -2.35. The molecule has 39 heavy (non-hydrogen) atoms. The van der Waals surface area contributed by atoms with E-state index in [1.165, 1.54) is 46.1 Å². The van der Waals surface area contributed by atoms with Crippen LogP contribution in [0.1, 0.15) is 55.3 Å². The van der Waals surface area contributed by atoms with Gasteiger partial charge in [0.1, 0.15) is 18.1 Å². The van der Waals surface area contributed by atoms with Gasteiger partial charge in [-0.25, -0.2) is 16.8 Å². The van der Waals surface area contributed by atoms with Gasteiger partial charge in [-0.15, -0.1) is 0 Å². The molecule has 2 aromatic carbocycles. The Kier molecular flexibility index (Phi) is 9.86. The minimum Gasteiger partial charge on any atom is -0.496 e. The lowest BCUT2D eigenvalue weighted by atomic mass is 10.2. The van der Waals surface area contributed by atoms with Gasteiger partial charge in [-0.2, -0.15) is 8.61 Å². The van der Waals surface area contributed by atoms with Crippen molar-refractivity contribution in [2.24, 2.45) is 0 Å². The Labute approximate surface area is 231 Å². The molecule has 0 saturated carbocycles. The molecule has 2 aliphatic rings. The van der Waals surface area contributed by atoms with Crippen molar-refractivity contribution in [3.63, 3.8) is 0 Å². The fraction of sp³-hybridized carbons (Fsp3) is 0.519. The zero-order chi connectivity index (χ0) is 27.9. The highest BCUT2D eigenvalue weighted by atomic mass is 32.2. The number of sulfonamides is 2. The van der Waals surface area contributed by atoms with E-state index < -0.39 is 26.0 Å². The molecule has 12 heteroatoms. The smallest absolute Gasteiger partial charge is 0.255 e. The molecule has 2 heterocycles. The van der Waals surface area contributed by atoms with Crippen molar-refractivity contribution in [2.45, 2.75) is 54.7 Å². The number of rotatable bonds is 10. The van der Waals surface area contributed by atoms with E-state index in [1.54, 1.807) is 12.1 Å². The van der Waals surface area contributed by atoms with Crippen molar-refractivity contribution in [3.05, 3.63) is 48.0 Å². The molecule has 2 saturated heterocycles. The van der Waals surface area contributed by atoms with Crippen LogP contribution in [0.5, 0.6) is 11.5 Å². The quantitative estimate of drug-likeness (QED) is 0.429. The van der Waals surface area contributed by atoms with Gasteiger partial charge >= 0.3 is 0 Å². The van der Waals surface area contributed by atoms with Crippen molar-refractivity contribution in [1.29, 1.82) is 0 Å². The number of nitrogens with one attached hydrogen (secondary N) is 1. The van der Waals surface area contributed by atoms with Gasteiger partial charge in [-0.3, -0.25) is 4.79 Å². The van der Waals surface area contributed by atoms with Crippen LogP contribution in [-0.2, 0) is 20.0 Å². The van der Waals surface area contributed by atoms with Crippen LogP contribution in [0, 0.1) is 0 Å². The summed E-state index contributed by atoms with van der Waals surface area (Å²) in [6.45, 7) is 2.31. The Morgan fingerprint density at radius 2 is 1.28 bits per heavy atom. The molecule has 1 N–H and O–H groups in total. The normalized spacial score (nSPS) is 17.8. The van der Waals surface area contributed by atoms with E-state index in [1.807, 2.05) is 0 Å². The van der Waals surface area contributed by atoms with Crippen molar-refractivity contribution in [2.75, 3.05) is 46.4 Å². The Bertz CT molecular complexity index is 1330. The second-order valence-corrected chi connectivity index (χ2v) is 13.6. The second-order valence-electron chi connectivity index (χ2n) is 9.72. The van der Waals surface area contributed by atoms with Crippen molar-refractivity contribution in [3.8, 4) is 11.5 Å². The minimum absolute atomic E-state index is 0.0613. The summed E-state index contributed by atoms with van der Waals surface area (Å²) in [5, 5.41) is 2.74. The maximum atomic E-state index is 13.2. The van der Waals surface area contributed by atoms with Gasteiger partial charge in [-0.1, -0.05) is 19.3 Å². The molecule has 0 atom stereocenters. The predicted molar refractivity (Wildman–Crippen MR) is 147 cm³/mol. The number of hydrogen-bond acceptors (Lipinski definition) is 7. The van der Waals surface area contributed by atoms with E-state index in [-0.39, 0.29) is 34.3 Å². The van der Waals surface area contributed by atoms with Crippen LogP contribution in [-0.4, -0.2) is 77.8 Å². The predicted octanol–water partition coefficient (Wildman–Crippen LogP) is 3.24. The Morgan fingerprint density at radius 1 is 0.769 bits per heavy atom. The molecule has 0 spiro atoms. The summed E-state index contributed by atoms with van der Waals surface area (Å²) in [4.78, 5) is 13.2. The van der Waals surface area contributed by atoms with Crippen LogP contribution in [0.3, 0.4) is 0 Å². The maximum absolute atomic E-state index is 13.2. The molecule has 0 aromatic heterocycles. The zero-order valence-electron chi connectivity index (χ0n) is 22.3. The summed E-state index contributed by atoms with van der Waals surface area (Å²) >= 11 is 0. The highest BCUT2D eigenvalue weighted by molar-refractivity contribution is 7.89. The highest BCUT2D eigenvalue weighted by Gasteiger charge is 2.28. The lowest BCUT2D eigenvalue weighted by molar-refractivity contribution is 0.0943. The molecule has 0 aliphatic carbocycles. The van der Waals surface area contributed by atoms with E-state index in [4.69, 9.17) is 9.47 Å². The van der Waals surface area contributed by atoms with E-state index in [9.17, 15) is 21.6 Å². The van der Waals surface area contributed by atoms with Gasteiger partial charge in [0.15, 0.2) is 0 Å². The van der Waals surface area contributed by atoms with Crippen LogP contribution in [0.4, 0.5) is 0 Å². The Hall–Kier alpha value is -2.67. The van der Waals surface area contributed by atoms with Crippen molar-refractivity contribution in [1.82, 2.24) is 13.9 Å². The Morgan fingerprint density at radius 3 is 1.85 bits per heavy atom. The fourth-order valence-corrected chi connectivity index (χ4v) is 7.91. The molecular weight excluding hydrogens is 542 g/mol. The first-order chi connectivity index (χ1) is 18.7. The molecule has 1 amide bonds. The van der Waals surface area contributed by atoms with E-state index in [2.05, 4.69) is 5.32 Å². The average Bonchev–Trinajstić information content (AvgIpc) is 3.26. The first-order valence-electron chi connectivity index (χ1n) is 13.4. The molecule has 2 aliphatic heterocycles. The number of carbonyl (C=O) groups excluding carboxylic acids is 1. The van der Waals surface area contributed by atoms with Crippen LogP contribution in [0.15, 0.2) is 52.3 Å². The monoisotopic (exact) mass is 579 g/mol. The van der Waals surface area contributed by atoms with Gasteiger partial charge in [-0.05, 0) is 68.1 Å². The number of ether oxygens (including phenoxy) is 2. The Balaban J connectivity index is 1.34. The molecule has 214 valence electrons. The van der Waals surface area contributed by atoms with Gasteiger partial charge in [0.2, 0.25) is 20.0 Å². The van der Waals surface area contributed by atoms with Gasteiger partial charge in [0.25, 0.3) is 5.91 Å². The summed E-state index contributed by atoms with van der Waals surface area (Å²) in [6.07, 6.45) is 6.44. The van der Waals surface area contributed by atoms with Gasteiger partial charge in [0.05, 0.1) is 29.0 Å². The molecular formula is C27H37N3O7S2. The van der Waals surface area contributed by atoms with Crippen molar-refractivity contribution < 1.29 is 31.1 Å². The molecule has 0 bridgehead atoms. The average molecular weight is 580 g/mol.